The molecule has 1 fully saturated rings. The molecular formula is C14H22BrFN4O. The van der Waals surface area contributed by atoms with Gasteiger partial charge in [0, 0.05) is 25.7 Å². The number of aromatic nitrogens is 1. The van der Waals surface area contributed by atoms with Gasteiger partial charge in [-0.25, -0.2) is 9.37 Å². The highest BCUT2D eigenvalue weighted by Gasteiger charge is 2.38. The van der Waals surface area contributed by atoms with E-state index in [0.29, 0.717) is 31.1 Å². The second kappa shape index (κ2) is 6.06. The zero-order chi connectivity index (χ0) is 15.8. The van der Waals surface area contributed by atoms with Gasteiger partial charge in [-0.05, 0) is 28.8 Å². The smallest absolute Gasteiger partial charge is 0.158 e. The van der Waals surface area contributed by atoms with Crippen molar-refractivity contribution in [2.45, 2.75) is 32.4 Å². The van der Waals surface area contributed by atoms with Gasteiger partial charge < -0.3 is 21.1 Å². The minimum atomic E-state index is -0.843. The van der Waals surface area contributed by atoms with Gasteiger partial charge in [-0.15, -0.1) is 0 Å². The van der Waals surface area contributed by atoms with Gasteiger partial charge in [0.25, 0.3) is 0 Å². The first-order valence-electron chi connectivity index (χ1n) is 7.05. The summed E-state index contributed by atoms with van der Waals surface area (Å²) in [5, 5.41) is 14.0. The van der Waals surface area contributed by atoms with E-state index in [4.69, 9.17) is 5.73 Å². The highest BCUT2D eigenvalue weighted by Crippen LogP contribution is 2.29. The third-order valence-electron chi connectivity index (χ3n) is 4.29. The normalized spacial score (nSPS) is 22.4. The molecule has 21 heavy (non-hydrogen) atoms. The van der Waals surface area contributed by atoms with E-state index in [1.165, 1.54) is 6.07 Å². The van der Waals surface area contributed by atoms with Crippen LogP contribution in [0.1, 0.15) is 20.8 Å². The minimum Gasteiger partial charge on any atom is -0.396 e. The standard InChI is InChI=1S/C14H22BrFN4O/c1-8(2)14(3,21)11-7-20(5-4-18-11)13-10(17)6-9(16)12(15)19-13/h6,8,11,18,21H,4-5,7,17H2,1-3H3/t11-,14+/m0/s1. The van der Waals surface area contributed by atoms with Gasteiger partial charge in [0.2, 0.25) is 0 Å². The number of nitrogens with one attached hydrogen (secondary N) is 1. The molecule has 0 unspecified atom stereocenters. The summed E-state index contributed by atoms with van der Waals surface area (Å²) in [5.74, 6) is 0.187. The lowest BCUT2D eigenvalue weighted by atomic mass is 9.84. The van der Waals surface area contributed by atoms with E-state index >= 15 is 0 Å². The molecule has 2 rings (SSSR count). The highest BCUT2D eigenvalue weighted by molar-refractivity contribution is 9.10. The van der Waals surface area contributed by atoms with Crippen molar-refractivity contribution in [3.63, 3.8) is 0 Å². The van der Waals surface area contributed by atoms with Crippen LogP contribution in [0.15, 0.2) is 10.7 Å². The van der Waals surface area contributed by atoms with Crippen LogP contribution in [0.4, 0.5) is 15.9 Å². The summed E-state index contributed by atoms with van der Waals surface area (Å²) in [5.41, 5.74) is 5.35. The largest absolute Gasteiger partial charge is 0.396 e. The number of nitrogens with zero attached hydrogens (tertiary/aromatic N) is 2. The number of pyridine rings is 1. The molecule has 0 aliphatic carbocycles. The van der Waals surface area contributed by atoms with Crippen LogP contribution in [-0.2, 0) is 0 Å². The fourth-order valence-electron chi connectivity index (χ4n) is 2.46. The molecule has 0 bridgehead atoms. The van der Waals surface area contributed by atoms with Crippen LogP contribution >= 0.6 is 15.9 Å². The Hall–Kier alpha value is -0.920. The number of nitrogen functional groups attached to an aromatic ring is 1. The molecule has 1 aromatic rings. The van der Waals surface area contributed by atoms with Crippen molar-refractivity contribution in [2.24, 2.45) is 5.92 Å². The first-order valence-corrected chi connectivity index (χ1v) is 7.85. The van der Waals surface area contributed by atoms with E-state index in [1.54, 1.807) is 0 Å². The molecule has 1 aromatic heterocycles. The van der Waals surface area contributed by atoms with Crippen LogP contribution in [0.25, 0.3) is 0 Å². The molecular weight excluding hydrogens is 339 g/mol. The summed E-state index contributed by atoms with van der Waals surface area (Å²) in [6, 6.07) is 1.17. The second-order valence-electron chi connectivity index (χ2n) is 6.01. The van der Waals surface area contributed by atoms with Gasteiger partial charge in [-0.3, -0.25) is 0 Å². The van der Waals surface area contributed by atoms with Gasteiger partial charge in [0.15, 0.2) is 11.6 Å². The Morgan fingerprint density at radius 1 is 1.62 bits per heavy atom. The molecule has 5 nitrogen and oxygen atoms in total. The van der Waals surface area contributed by atoms with Crippen LogP contribution in [0.5, 0.6) is 0 Å². The van der Waals surface area contributed by atoms with Gasteiger partial charge in [-0.1, -0.05) is 13.8 Å². The summed E-state index contributed by atoms with van der Waals surface area (Å²) in [6.07, 6.45) is 0. The van der Waals surface area contributed by atoms with Crippen molar-refractivity contribution in [1.82, 2.24) is 10.3 Å². The van der Waals surface area contributed by atoms with Crippen LogP contribution in [-0.4, -0.2) is 41.4 Å². The fourth-order valence-corrected chi connectivity index (χ4v) is 2.74. The zero-order valence-corrected chi connectivity index (χ0v) is 14.1. The number of halogens is 2. The summed E-state index contributed by atoms with van der Waals surface area (Å²) in [7, 11) is 0. The van der Waals surface area contributed by atoms with E-state index in [-0.39, 0.29) is 16.6 Å². The Morgan fingerprint density at radius 3 is 2.90 bits per heavy atom. The molecule has 0 amide bonds. The van der Waals surface area contributed by atoms with Gasteiger partial charge >= 0.3 is 0 Å². The van der Waals surface area contributed by atoms with Gasteiger partial charge in [-0.2, -0.15) is 0 Å². The maximum absolute atomic E-state index is 13.4. The van der Waals surface area contributed by atoms with Crippen LogP contribution < -0.4 is 16.0 Å². The topological polar surface area (TPSA) is 74.4 Å². The summed E-state index contributed by atoms with van der Waals surface area (Å²) in [4.78, 5) is 6.17. The maximum Gasteiger partial charge on any atom is 0.158 e. The fraction of sp³-hybridized carbons (Fsp3) is 0.643. The lowest BCUT2D eigenvalue weighted by molar-refractivity contribution is -0.0231. The SMILES string of the molecule is CC(C)[C@@](C)(O)[C@@H]1CN(c2nc(Br)c(F)cc2N)CCN1. The Labute approximate surface area is 132 Å². The zero-order valence-electron chi connectivity index (χ0n) is 12.5. The number of aliphatic hydroxyl groups is 1. The summed E-state index contributed by atoms with van der Waals surface area (Å²) < 4.78 is 13.6. The monoisotopic (exact) mass is 360 g/mol. The molecule has 0 saturated carbocycles. The third kappa shape index (κ3) is 3.30. The average molecular weight is 361 g/mol. The van der Waals surface area contributed by atoms with Crippen molar-refractivity contribution >= 4 is 27.4 Å². The molecule has 118 valence electrons. The molecule has 4 N–H and O–H groups in total. The first kappa shape index (κ1) is 16.5. The molecule has 1 aliphatic heterocycles. The third-order valence-corrected chi connectivity index (χ3v) is 4.85. The van der Waals surface area contributed by atoms with Crippen LogP contribution in [0, 0.1) is 11.7 Å². The van der Waals surface area contributed by atoms with E-state index in [9.17, 15) is 9.50 Å². The molecule has 0 spiro atoms. The maximum atomic E-state index is 13.4. The Bertz CT molecular complexity index is 524. The average Bonchev–Trinajstić information content (AvgIpc) is 2.43. The number of hydrogen-bond acceptors (Lipinski definition) is 5. The predicted octanol–water partition coefficient (Wildman–Crippen LogP) is 1.75. The Kier molecular flexibility index (Phi) is 4.75. The molecule has 1 aliphatic rings. The Balaban J connectivity index is 2.24. The predicted molar refractivity (Wildman–Crippen MR) is 85.8 cm³/mol. The lowest BCUT2D eigenvalue weighted by Gasteiger charge is -2.43. The number of nitrogens with two attached hydrogens (primary N) is 1. The Morgan fingerprint density at radius 2 is 2.29 bits per heavy atom. The van der Waals surface area contributed by atoms with E-state index in [1.807, 2.05) is 25.7 Å². The van der Waals surface area contributed by atoms with Crippen LogP contribution in [0.3, 0.4) is 0 Å². The van der Waals surface area contributed by atoms with Crippen LogP contribution in [0.2, 0.25) is 0 Å². The minimum absolute atomic E-state index is 0.101. The van der Waals surface area contributed by atoms with E-state index < -0.39 is 11.4 Å². The van der Waals surface area contributed by atoms with Crippen molar-refractivity contribution in [3.05, 3.63) is 16.5 Å². The van der Waals surface area contributed by atoms with Crippen molar-refractivity contribution in [2.75, 3.05) is 30.3 Å². The van der Waals surface area contributed by atoms with E-state index in [0.717, 1.165) is 0 Å². The summed E-state index contributed by atoms with van der Waals surface area (Å²) >= 11 is 3.09. The highest BCUT2D eigenvalue weighted by atomic mass is 79.9. The van der Waals surface area contributed by atoms with Crippen molar-refractivity contribution in [3.8, 4) is 0 Å². The van der Waals surface area contributed by atoms with Gasteiger partial charge in [0.05, 0.1) is 17.3 Å². The molecule has 2 heterocycles. The second-order valence-corrected chi connectivity index (χ2v) is 6.76. The lowest BCUT2D eigenvalue weighted by Crippen LogP contribution is -2.62. The summed E-state index contributed by atoms with van der Waals surface area (Å²) in [6.45, 7) is 7.80. The molecule has 0 aromatic carbocycles. The molecule has 0 radical (unpaired) electrons. The van der Waals surface area contributed by atoms with E-state index in [2.05, 4.69) is 26.2 Å². The van der Waals surface area contributed by atoms with Crippen molar-refractivity contribution in [1.29, 1.82) is 0 Å². The quantitative estimate of drug-likeness (QED) is 0.716. The number of anilines is 2. The first-order chi connectivity index (χ1) is 9.73. The number of piperazine rings is 1. The number of rotatable bonds is 3. The number of hydrogen-bond donors (Lipinski definition) is 3. The molecule has 7 heteroatoms. The molecule has 1 saturated heterocycles. The molecule has 2 atom stereocenters. The van der Waals surface area contributed by atoms with Crippen molar-refractivity contribution < 1.29 is 9.50 Å². The van der Waals surface area contributed by atoms with Gasteiger partial charge in [0.1, 0.15) is 4.60 Å².